The number of sulfonamides is 1. The first-order chi connectivity index (χ1) is 18.3. The molecular formula is C28H37FN4O4S. The average Bonchev–Trinajstić information content (AvgIpc) is 3.33. The quantitative estimate of drug-likeness (QED) is 0.543. The van der Waals surface area contributed by atoms with Crippen molar-refractivity contribution in [3.8, 4) is 0 Å². The molecule has 2 aromatic rings. The Morgan fingerprint density at radius 1 is 1.00 bits per heavy atom. The number of amides is 1. The minimum atomic E-state index is -3.96. The first-order valence-corrected chi connectivity index (χ1v) is 15.2. The number of rotatable bonds is 6. The van der Waals surface area contributed by atoms with E-state index in [-0.39, 0.29) is 34.7 Å². The number of halogens is 1. The van der Waals surface area contributed by atoms with Crippen LogP contribution in [0.1, 0.15) is 62.0 Å². The summed E-state index contributed by atoms with van der Waals surface area (Å²) in [6.07, 6.45) is 10.6. The van der Waals surface area contributed by atoms with Gasteiger partial charge in [0.1, 0.15) is 11.5 Å². The molecule has 3 fully saturated rings. The third-order valence-electron chi connectivity index (χ3n) is 8.20. The van der Waals surface area contributed by atoms with Crippen LogP contribution in [0.4, 0.5) is 4.39 Å². The normalized spacial score (nSPS) is 22.8. The largest absolute Gasteiger partial charge is 0.355 e. The standard InChI is InChI=1S/C28H37FN4O4S/c1-21-27(26(37-30-21)14-13-22-8-5-6-12-25(22)29)38(35,36)33-15-7-9-23(20-33)28(34)32-18-16-31(17-19-32)24-10-3-2-4-11-24/h5-6,8,12-14,23-24H,2-4,7,9-11,15-20H2,1H3. The summed E-state index contributed by atoms with van der Waals surface area (Å²) in [5.74, 6) is -0.674. The molecule has 2 saturated heterocycles. The van der Waals surface area contributed by atoms with Gasteiger partial charge in [0.15, 0.2) is 10.7 Å². The molecule has 1 saturated carbocycles. The second kappa shape index (κ2) is 11.7. The van der Waals surface area contributed by atoms with E-state index >= 15 is 0 Å². The highest BCUT2D eigenvalue weighted by Gasteiger charge is 2.39. The van der Waals surface area contributed by atoms with Gasteiger partial charge in [0.05, 0.1) is 5.92 Å². The topological polar surface area (TPSA) is 87.0 Å². The summed E-state index contributed by atoms with van der Waals surface area (Å²) in [5, 5.41) is 3.88. The van der Waals surface area contributed by atoms with Gasteiger partial charge in [-0.2, -0.15) is 4.31 Å². The van der Waals surface area contributed by atoms with Crippen LogP contribution in [-0.4, -0.2) is 78.9 Å². The highest BCUT2D eigenvalue weighted by molar-refractivity contribution is 7.89. The lowest BCUT2D eigenvalue weighted by atomic mass is 9.93. The van der Waals surface area contributed by atoms with Gasteiger partial charge in [-0.05, 0) is 50.8 Å². The van der Waals surface area contributed by atoms with E-state index in [2.05, 4.69) is 10.1 Å². The fraction of sp³-hybridized carbons (Fsp3) is 0.571. The number of carbonyl (C=O) groups excluding carboxylic acids is 1. The molecule has 1 unspecified atom stereocenters. The van der Waals surface area contributed by atoms with E-state index in [9.17, 15) is 17.6 Å². The molecule has 3 aliphatic rings. The van der Waals surface area contributed by atoms with Crippen LogP contribution in [0.2, 0.25) is 0 Å². The van der Waals surface area contributed by atoms with Crippen LogP contribution < -0.4 is 0 Å². The minimum Gasteiger partial charge on any atom is -0.355 e. The molecule has 10 heteroatoms. The average molecular weight is 545 g/mol. The molecule has 0 radical (unpaired) electrons. The number of piperidine rings is 1. The van der Waals surface area contributed by atoms with Gasteiger partial charge in [0.25, 0.3) is 0 Å². The van der Waals surface area contributed by atoms with Crippen molar-refractivity contribution < 1.29 is 22.1 Å². The monoisotopic (exact) mass is 544 g/mol. The summed E-state index contributed by atoms with van der Waals surface area (Å²) in [7, 11) is -3.96. The maximum absolute atomic E-state index is 14.0. The smallest absolute Gasteiger partial charge is 0.248 e. The number of aryl methyl sites for hydroxylation is 1. The molecule has 0 N–H and O–H groups in total. The number of benzene rings is 1. The number of nitrogens with zero attached hydrogens (tertiary/aromatic N) is 4. The van der Waals surface area contributed by atoms with Crippen LogP contribution in [-0.2, 0) is 14.8 Å². The number of aromatic nitrogens is 1. The third kappa shape index (κ3) is 5.72. The number of piperazine rings is 1. The van der Waals surface area contributed by atoms with E-state index in [0.29, 0.717) is 44.1 Å². The maximum Gasteiger partial charge on any atom is 0.248 e. The van der Waals surface area contributed by atoms with Gasteiger partial charge in [-0.3, -0.25) is 9.69 Å². The lowest BCUT2D eigenvalue weighted by molar-refractivity contribution is -0.138. The Balaban J connectivity index is 1.26. The fourth-order valence-corrected chi connectivity index (χ4v) is 7.85. The summed E-state index contributed by atoms with van der Waals surface area (Å²) >= 11 is 0. The van der Waals surface area contributed by atoms with Crippen LogP contribution in [0, 0.1) is 18.7 Å². The molecule has 3 heterocycles. The Labute approximate surface area is 224 Å². The van der Waals surface area contributed by atoms with Crippen LogP contribution in [0.5, 0.6) is 0 Å². The van der Waals surface area contributed by atoms with E-state index in [1.165, 1.54) is 54.6 Å². The Hall–Kier alpha value is -2.56. The van der Waals surface area contributed by atoms with E-state index in [1.807, 2.05) is 4.90 Å². The number of carbonyl (C=O) groups is 1. The van der Waals surface area contributed by atoms with Crippen molar-refractivity contribution in [1.29, 1.82) is 0 Å². The summed E-state index contributed by atoms with van der Waals surface area (Å²) in [4.78, 5) is 17.9. The van der Waals surface area contributed by atoms with Gasteiger partial charge in [0, 0.05) is 50.9 Å². The molecule has 1 amide bonds. The van der Waals surface area contributed by atoms with Crippen molar-refractivity contribution in [2.45, 2.75) is 62.8 Å². The lowest BCUT2D eigenvalue weighted by Gasteiger charge is -2.42. The highest BCUT2D eigenvalue weighted by atomic mass is 32.2. The SMILES string of the molecule is Cc1noc(C=Cc2ccccc2F)c1S(=O)(=O)N1CCCC(C(=O)N2CCN(C3CCCCC3)CC2)C1. The van der Waals surface area contributed by atoms with Crippen molar-refractivity contribution in [1.82, 2.24) is 19.3 Å². The van der Waals surface area contributed by atoms with Crippen molar-refractivity contribution in [3.63, 3.8) is 0 Å². The summed E-state index contributed by atoms with van der Waals surface area (Å²) in [6.45, 7) is 5.25. The highest BCUT2D eigenvalue weighted by Crippen LogP contribution is 2.30. The number of hydrogen-bond donors (Lipinski definition) is 0. The molecule has 5 rings (SSSR count). The molecule has 8 nitrogen and oxygen atoms in total. The fourth-order valence-electron chi connectivity index (χ4n) is 6.08. The summed E-state index contributed by atoms with van der Waals surface area (Å²) in [5.41, 5.74) is 0.558. The van der Waals surface area contributed by atoms with Crippen molar-refractivity contribution in [2.75, 3.05) is 39.3 Å². The van der Waals surface area contributed by atoms with E-state index in [4.69, 9.17) is 4.52 Å². The Kier molecular flexibility index (Phi) is 8.30. The molecule has 0 bridgehead atoms. The second-order valence-corrected chi connectivity index (χ2v) is 12.5. The molecule has 1 atom stereocenters. The Morgan fingerprint density at radius 3 is 2.47 bits per heavy atom. The second-order valence-electron chi connectivity index (χ2n) is 10.7. The zero-order valence-corrected chi connectivity index (χ0v) is 22.8. The van der Waals surface area contributed by atoms with E-state index in [1.54, 1.807) is 25.1 Å². The molecule has 2 aliphatic heterocycles. The summed E-state index contributed by atoms with van der Waals surface area (Å²) < 4.78 is 48.2. The first kappa shape index (κ1) is 27.0. The zero-order chi connectivity index (χ0) is 26.7. The molecule has 1 aliphatic carbocycles. The van der Waals surface area contributed by atoms with Crippen LogP contribution in [0.15, 0.2) is 33.7 Å². The predicted octanol–water partition coefficient (Wildman–Crippen LogP) is 4.17. The van der Waals surface area contributed by atoms with Crippen molar-refractivity contribution in [3.05, 3.63) is 47.1 Å². The van der Waals surface area contributed by atoms with Crippen molar-refractivity contribution >= 4 is 28.1 Å². The van der Waals surface area contributed by atoms with Gasteiger partial charge >= 0.3 is 0 Å². The zero-order valence-electron chi connectivity index (χ0n) is 22.0. The van der Waals surface area contributed by atoms with Gasteiger partial charge in [-0.15, -0.1) is 0 Å². The Morgan fingerprint density at radius 2 is 1.74 bits per heavy atom. The third-order valence-corrected chi connectivity index (χ3v) is 10.2. The first-order valence-electron chi connectivity index (χ1n) is 13.8. The molecule has 38 heavy (non-hydrogen) atoms. The van der Waals surface area contributed by atoms with Gasteiger partial charge in [-0.25, -0.2) is 12.8 Å². The van der Waals surface area contributed by atoms with Gasteiger partial charge in [0.2, 0.25) is 15.9 Å². The molecule has 206 valence electrons. The summed E-state index contributed by atoms with van der Waals surface area (Å²) in [6, 6.07) is 6.87. The molecule has 1 aromatic heterocycles. The van der Waals surface area contributed by atoms with Crippen LogP contribution in [0.25, 0.3) is 12.2 Å². The molecular weight excluding hydrogens is 507 g/mol. The van der Waals surface area contributed by atoms with Crippen LogP contribution in [0.3, 0.4) is 0 Å². The number of hydrogen-bond acceptors (Lipinski definition) is 6. The van der Waals surface area contributed by atoms with Crippen molar-refractivity contribution in [2.24, 2.45) is 5.92 Å². The van der Waals surface area contributed by atoms with Crippen LogP contribution >= 0.6 is 0 Å². The maximum atomic E-state index is 14.0. The van der Waals surface area contributed by atoms with E-state index in [0.717, 1.165) is 13.1 Å². The predicted molar refractivity (Wildman–Crippen MR) is 143 cm³/mol. The molecule has 1 aromatic carbocycles. The Bertz CT molecular complexity index is 1260. The molecule has 0 spiro atoms. The van der Waals surface area contributed by atoms with E-state index < -0.39 is 15.8 Å². The lowest BCUT2D eigenvalue weighted by Crippen LogP contribution is -2.55. The van der Waals surface area contributed by atoms with Gasteiger partial charge < -0.3 is 9.42 Å². The minimum absolute atomic E-state index is 0.0284. The van der Waals surface area contributed by atoms with Gasteiger partial charge in [-0.1, -0.05) is 42.6 Å².